The highest BCUT2D eigenvalue weighted by molar-refractivity contribution is 4.73. The van der Waals surface area contributed by atoms with Gasteiger partial charge in [-0.1, -0.05) is 27.7 Å². The predicted molar refractivity (Wildman–Crippen MR) is 48.4 cm³/mol. The molecule has 2 unspecified atom stereocenters. The molecule has 1 heteroatoms. The Kier molecular flexibility index (Phi) is 5.53. The zero-order valence-electron chi connectivity index (χ0n) is 8.23. The maximum absolute atomic E-state index is 12.7. The van der Waals surface area contributed by atoms with Crippen LogP contribution >= 0.6 is 0 Å². The van der Waals surface area contributed by atoms with Gasteiger partial charge in [-0.3, -0.25) is 0 Å². The molecule has 0 aromatic carbocycles. The van der Waals surface area contributed by atoms with Crippen LogP contribution in [0.15, 0.2) is 0 Å². The lowest BCUT2D eigenvalue weighted by Gasteiger charge is -2.26. The van der Waals surface area contributed by atoms with Crippen molar-refractivity contribution in [1.29, 1.82) is 0 Å². The summed E-state index contributed by atoms with van der Waals surface area (Å²) in [6, 6.07) is 0. The molecule has 0 spiro atoms. The molecule has 1 aliphatic carbocycles. The standard InChI is InChI=1S/C8H15F.C2H6/c1-6-3-7(2)5-8(9)4-6;1-2/h6-8H,3-5H2,1-2H3;1-2H3. The third-order valence-electron chi connectivity index (χ3n) is 2.12. The summed E-state index contributed by atoms with van der Waals surface area (Å²) in [6.07, 6.45) is 2.30. The van der Waals surface area contributed by atoms with Crippen molar-refractivity contribution in [3.05, 3.63) is 0 Å². The summed E-state index contributed by atoms with van der Waals surface area (Å²) in [5.74, 6) is 1.23. The van der Waals surface area contributed by atoms with Crippen molar-refractivity contribution in [3.8, 4) is 0 Å². The summed E-state index contributed by atoms with van der Waals surface area (Å²) in [5.41, 5.74) is 0. The van der Waals surface area contributed by atoms with Crippen molar-refractivity contribution >= 4 is 0 Å². The fourth-order valence-electron chi connectivity index (χ4n) is 1.85. The van der Waals surface area contributed by atoms with Crippen molar-refractivity contribution in [2.45, 2.75) is 53.1 Å². The van der Waals surface area contributed by atoms with Crippen molar-refractivity contribution in [1.82, 2.24) is 0 Å². The highest BCUT2D eigenvalue weighted by Crippen LogP contribution is 2.29. The molecule has 0 aliphatic heterocycles. The van der Waals surface area contributed by atoms with Gasteiger partial charge in [0.05, 0.1) is 0 Å². The van der Waals surface area contributed by atoms with Gasteiger partial charge in [-0.15, -0.1) is 0 Å². The van der Waals surface area contributed by atoms with Gasteiger partial charge in [0.25, 0.3) is 0 Å². The van der Waals surface area contributed by atoms with E-state index in [1.165, 1.54) is 6.42 Å². The Labute approximate surface area is 70.2 Å². The number of rotatable bonds is 0. The lowest BCUT2D eigenvalue weighted by Crippen LogP contribution is -2.19. The first kappa shape index (κ1) is 10.9. The van der Waals surface area contributed by atoms with Crippen LogP contribution in [0.2, 0.25) is 0 Å². The Balaban J connectivity index is 0.000000461. The molecule has 0 nitrogen and oxygen atoms in total. The van der Waals surface area contributed by atoms with Crippen LogP contribution in [-0.4, -0.2) is 6.17 Å². The van der Waals surface area contributed by atoms with Gasteiger partial charge < -0.3 is 0 Å². The molecular formula is C10H21F. The van der Waals surface area contributed by atoms with Crippen LogP contribution in [0.1, 0.15) is 47.0 Å². The van der Waals surface area contributed by atoms with E-state index in [-0.39, 0.29) is 0 Å². The quantitative estimate of drug-likeness (QED) is 0.505. The van der Waals surface area contributed by atoms with E-state index in [0.717, 1.165) is 12.8 Å². The second kappa shape index (κ2) is 5.56. The zero-order chi connectivity index (χ0) is 8.85. The van der Waals surface area contributed by atoms with E-state index in [9.17, 15) is 4.39 Å². The van der Waals surface area contributed by atoms with Crippen LogP contribution in [-0.2, 0) is 0 Å². The Bertz CT molecular complexity index is 65.9. The smallest absolute Gasteiger partial charge is 0.101 e. The predicted octanol–water partition coefficient (Wildman–Crippen LogP) is 3.81. The molecule has 0 aromatic rings. The molecule has 0 bridgehead atoms. The summed E-state index contributed by atoms with van der Waals surface area (Å²) in [6.45, 7) is 8.28. The maximum Gasteiger partial charge on any atom is 0.101 e. The Morgan fingerprint density at radius 1 is 0.909 bits per heavy atom. The summed E-state index contributed by atoms with van der Waals surface area (Å²) in [5, 5.41) is 0. The first-order valence-corrected chi connectivity index (χ1v) is 4.82. The van der Waals surface area contributed by atoms with Gasteiger partial charge in [-0.2, -0.15) is 0 Å². The molecule has 1 fully saturated rings. The SMILES string of the molecule is CC.CC1CC(C)CC(F)C1. The summed E-state index contributed by atoms with van der Waals surface area (Å²) in [7, 11) is 0. The summed E-state index contributed by atoms with van der Waals surface area (Å²) >= 11 is 0. The minimum absolute atomic E-state index is 0.510. The minimum atomic E-state index is -0.510. The molecule has 0 radical (unpaired) electrons. The van der Waals surface area contributed by atoms with Crippen molar-refractivity contribution in [3.63, 3.8) is 0 Å². The first-order valence-electron chi connectivity index (χ1n) is 4.82. The van der Waals surface area contributed by atoms with Gasteiger partial charge in [0.2, 0.25) is 0 Å². The third kappa shape index (κ3) is 4.39. The molecule has 0 aromatic heterocycles. The van der Waals surface area contributed by atoms with Gasteiger partial charge >= 0.3 is 0 Å². The molecule has 0 N–H and O–H groups in total. The number of hydrogen-bond acceptors (Lipinski definition) is 0. The average molecular weight is 160 g/mol. The van der Waals surface area contributed by atoms with Crippen LogP contribution in [0.3, 0.4) is 0 Å². The Morgan fingerprint density at radius 2 is 1.27 bits per heavy atom. The fraction of sp³-hybridized carbons (Fsp3) is 1.00. The van der Waals surface area contributed by atoms with Crippen molar-refractivity contribution in [2.75, 3.05) is 0 Å². The summed E-state index contributed by atoms with van der Waals surface area (Å²) < 4.78 is 12.7. The number of hydrogen-bond donors (Lipinski definition) is 0. The van der Waals surface area contributed by atoms with E-state index in [4.69, 9.17) is 0 Å². The van der Waals surface area contributed by atoms with Gasteiger partial charge in [0.15, 0.2) is 0 Å². The van der Waals surface area contributed by atoms with Gasteiger partial charge in [-0.25, -0.2) is 4.39 Å². The van der Waals surface area contributed by atoms with Crippen LogP contribution < -0.4 is 0 Å². The highest BCUT2D eigenvalue weighted by atomic mass is 19.1. The van der Waals surface area contributed by atoms with E-state index >= 15 is 0 Å². The molecule has 0 heterocycles. The second-order valence-corrected chi connectivity index (χ2v) is 3.51. The molecule has 68 valence electrons. The zero-order valence-corrected chi connectivity index (χ0v) is 8.23. The highest BCUT2D eigenvalue weighted by Gasteiger charge is 2.22. The van der Waals surface area contributed by atoms with Crippen LogP contribution in [0.4, 0.5) is 4.39 Å². The van der Waals surface area contributed by atoms with E-state index in [1.807, 2.05) is 13.8 Å². The van der Waals surface area contributed by atoms with E-state index < -0.39 is 6.17 Å². The summed E-state index contributed by atoms with van der Waals surface area (Å²) in [4.78, 5) is 0. The van der Waals surface area contributed by atoms with Gasteiger partial charge in [0.1, 0.15) is 6.17 Å². The van der Waals surface area contributed by atoms with E-state index in [1.54, 1.807) is 0 Å². The largest absolute Gasteiger partial charge is 0.247 e. The Morgan fingerprint density at radius 3 is 1.55 bits per heavy atom. The third-order valence-corrected chi connectivity index (χ3v) is 2.12. The molecule has 0 saturated heterocycles. The maximum atomic E-state index is 12.7. The second-order valence-electron chi connectivity index (χ2n) is 3.51. The molecule has 1 saturated carbocycles. The molecule has 11 heavy (non-hydrogen) atoms. The first-order chi connectivity index (χ1) is 5.18. The van der Waals surface area contributed by atoms with Gasteiger partial charge in [0, 0.05) is 0 Å². The van der Waals surface area contributed by atoms with Crippen LogP contribution in [0.5, 0.6) is 0 Å². The number of alkyl halides is 1. The molecule has 0 amide bonds. The van der Waals surface area contributed by atoms with E-state index in [0.29, 0.717) is 11.8 Å². The Hall–Kier alpha value is -0.0700. The normalized spacial score (nSPS) is 37.4. The van der Waals surface area contributed by atoms with Crippen molar-refractivity contribution in [2.24, 2.45) is 11.8 Å². The molecule has 2 atom stereocenters. The lowest BCUT2D eigenvalue weighted by atomic mass is 9.82. The van der Waals surface area contributed by atoms with Crippen LogP contribution in [0, 0.1) is 11.8 Å². The van der Waals surface area contributed by atoms with E-state index in [2.05, 4.69) is 13.8 Å². The van der Waals surface area contributed by atoms with Crippen molar-refractivity contribution < 1.29 is 4.39 Å². The minimum Gasteiger partial charge on any atom is -0.247 e. The molecule has 1 aliphatic rings. The monoisotopic (exact) mass is 160 g/mol. The fourth-order valence-corrected chi connectivity index (χ4v) is 1.85. The lowest BCUT2D eigenvalue weighted by molar-refractivity contribution is 0.165. The molecular weight excluding hydrogens is 139 g/mol. The number of halogens is 1. The topological polar surface area (TPSA) is 0 Å². The van der Waals surface area contributed by atoms with Crippen LogP contribution in [0.25, 0.3) is 0 Å². The average Bonchev–Trinajstić information content (AvgIpc) is 1.88. The molecule has 1 rings (SSSR count). The van der Waals surface area contributed by atoms with Gasteiger partial charge in [-0.05, 0) is 31.1 Å².